The van der Waals surface area contributed by atoms with Gasteiger partial charge in [0.2, 0.25) is 5.60 Å². The molecule has 0 spiro atoms. The van der Waals surface area contributed by atoms with Crippen molar-refractivity contribution in [1.82, 2.24) is 0 Å². The summed E-state index contributed by atoms with van der Waals surface area (Å²) in [6.07, 6.45) is -6.05. The minimum absolute atomic E-state index is 0.138. The monoisotopic (exact) mass is 249 g/mol. The highest BCUT2D eigenvalue weighted by Gasteiger charge is 2.51. The Morgan fingerprint density at radius 1 is 1.43 bits per heavy atom. The predicted molar refractivity (Wildman–Crippen MR) is 46.8 cm³/mol. The van der Waals surface area contributed by atoms with E-state index in [4.69, 9.17) is 0 Å². The molecule has 0 bridgehead atoms. The molecule has 0 aliphatic carbocycles. The second-order valence-corrected chi connectivity index (χ2v) is 3.92. The summed E-state index contributed by atoms with van der Waals surface area (Å²) >= 11 is 0. The van der Waals surface area contributed by atoms with E-state index in [0.717, 1.165) is 13.8 Å². The number of carbonyl (C=O) groups excluding carboxylic acids is 1. The third-order valence-corrected chi connectivity index (χ3v) is 1.79. The Balaban J connectivity index is 4.30. The lowest BCUT2D eigenvalue weighted by molar-refractivity contribution is -0.247. The van der Waals surface area contributed by atoms with Gasteiger partial charge in [-0.15, -0.1) is 0 Å². The van der Waals surface area contributed by atoms with E-state index in [1.807, 2.05) is 9.39 Å². The molecule has 0 saturated carbocycles. The Morgan fingerprint density at radius 2 is 1.93 bits per heavy atom. The molecule has 1 unspecified atom stereocenters. The molecule has 0 aliphatic heterocycles. The van der Waals surface area contributed by atoms with Gasteiger partial charge in [-0.25, -0.2) is 9.31 Å². The first kappa shape index (κ1) is 13.6. The standard InChI is InChI=1S/C5H8F3NO3P2/c1-4(2,5(6,7)8)11-3(10)12-14-9-13/h13H2,1-2H3. The van der Waals surface area contributed by atoms with Crippen molar-refractivity contribution in [3.63, 3.8) is 0 Å². The minimum atomic E-state index is -4.64. The molecule has 0 amide bonds. The van der Waals surface area contributed by atoms with Crippen molar-refractivity contribution in [1.29, 1.82) is 0 Å². The van der Waals surface area contributed by atoms with E-state index >= 15 is 0 Å². The van der Waals surface area contributed by atoms with Crippen LogP contribution in [0.3, 0.4) is 0 Å². The Labute approximate surface area is 82.4 Å². The van der Waals surface area contributed by atoms with Gasteiger partial charge in [-0.3, -0.25) is 0 Å². The van der Waals surface area contributed by atoms with Crippen molar-refractivity contribution in [3.05, 3.63) is 0 Å². The van der Waals surface area contributed by atoms with Crippen molar-refractivity contribution >= 4 is 24.1 Å². The quantitative estimate of drug-likeness (QED) is 0.557. The molecule has 1 atom stereocenters. The number of ether oxygens (including phenoxy) is 1. The fourth-order valence-corrected chi connectivity index (χ4v) is 0.634. The van der Waals surface area contributed by atoms with E-state index in [0.29, 0.717) is 0 Å². The first-order chi connectivity index (χ1) is 6.20. The molecule has 0 N–H and O–H groups in total. The number of rotatable bonds is 2. The van der Waals surface area contributed by atoms with E-state index in [-0.39, 0.29) is 8.60 Å². The highest BCUT2D eigenvalue weighted by Crippen LogP contribution is 2.33. The average Bonchev–Trinajstić information content (AvgIpc) is 1.97. The van der Waals surface area contributed by atoms with Crippen LogP contribution in [0.1, 0.15) is 13.8 Å². The van der Waals surface area contributed by atoms with Crippen LogP contribution in [-0.2, 0) is 9.26 Å². The number of hydrogen-bond acceptors (Lipinski definition) is 4. The van der Waals surface area contributed by atoms with Gasteiger partial charge in [0.05, 0.1) is 0 Å². The maximum absolute atomic E-state index is 12.2. The van der Waals surface area contributed by atoms with Crippen molar-refractivity contribution in [2.75, 3.05) is 0 Å². The largest absolute Gasteiger partial charge is 0.518 e. The number of alkyl halides is 3. The zero-order chi connectivity index (χ0) is 11.4. The summed E-state index contributed by atoms with van der Waals surface area (Å²) in [5.41, 5.74) is -2.57. The van der Waals surface area contributed by atoms with Crippen LogP contribution in [0.2, 0.25) is 0 Å². The molecular weight excluding hydrogens is 241 g/mol. The molecule has 0 aromatic heterocycles. The van der Waals surface area contributed by atoms with Gasteiger partial charge in [0, 0.05) is 0 Å². The fraction of sp³-hybridized carbons (Fsp3) is 0.800. The number of hydrogen-bond donors (Lipinski definition) is 0. The van der Waals surface area contributed by atoms with Gasteiger partial charge < -0.3 is 9.26 Å². The Kier molecular flexibility index (Phi) is 4.75. The van der Waals surface area contributed by atoms with Gasteiger partial charge in [0.25, 0.3) is 8.60 Å². The third-order valence-electron chi connectivity index (χ3n) is 1.18. The molecule has 0 aliphatic rings. The van der Waals surface area contributed by atoms with Crippen LogP contribution < -0.4 is 0 Å². The van der Waals surface area contributed by atoms with Gasteiger partial charge in [-0.2, -0.15) is 13.2 Å². The number of carbonyl (C=O) groups is 1. The molecular formula is C5H8F3NO3P2. The van der Waals surface area contributed by atoms with Gasteiger partial charge >= 0.3 is 12.3 Å². The maximum Gasteiger partial charge on any atom is 0.518 e. The van der Waals surface area contributed by atoms with E-state index in [2.05, 4.69) is 13.8 Å². The molecule has 0 aromatic rings. The molecule has 4 nitrogen and oxygen atoms in total. The zero-order valence-corrected chi connectivity index (χ0v) is 9.38. The van der Waals surface area contributed by atoms with Gasteiger partial charge in [0.15, 0.2) is 0 Å². The summed E-state index contributed by atoms with van der Waals surface area (Å²) in [4.78, 5) is 10.6. The van der Waals surface area contributed by atoms with Crippen LogP contribution in [0, 0.1) is 0 Å². The second-order valence-electron chi connectivity index (χ2n) is 2.65. The van der Waals surface area contributed by atoms with Crippen LogP contribution in [0.5, 0.6) is 0 Å². The van der Waals surface area contributed by atoms with Crippen molar-refractivity contribution in [3.8, 4) is 0 Å². The predicted octanol–water partition coefficient (Wildman–Crippen LogP) is 3.32. The zero-order valence-electron chi connectivity index (χ0n) is 7.33. The summed E-state index contributed by atoms with van der Waals surface area (Å²) in [5, 5.41) is 0. The fourth-order valence-electron chi connectivity index (χ4n) is 0.342. The van der Waals surface area contributed by atoms with Crippen LogP contribution >= 0.6 is 18.0 Å². The average molecular weight is 249 g/mol. The topological polar surface area (TPSA) is 47.9 Å². The Morgan fingerprint density at radius 3 is 2.29 bits per heavy atom. The highest BCUT2D eigenvalue weighted by atomic mass is 31.1. The number of halogens is 3. The van der Waals surface area contributed by atoms with E-state index in [1.165, 1.54) is 0 Å². The van der Waals surface area contributed by atoms with E-state index < -0.39 is 17.9 Å². The smallest absolute Gasteiger partial charge is 0.418 e. The SMILES string of the molecule is CC(C)(OC(=O)OP=NP)C(F)(F)F. The van der Waals surface area contributed by atoms with E-state index in [9.17, 15) is 18.0 Å². The molecule has 9 heteroatoms. The summed E-state index contributed by atoms with van der Waals surface area (Å²) < 4.78 is 47.9. The Bertz CT molecular complexity index is 241. The van der Waals surface area contributed by atoms with Gasteiger partial charge in [0.1, 0.15) is 0 Å². The van der Waals surface area contributed by atoms with Crippen molar-refractivity contribution in [2.24, 2.45) is 4.52 Å². The van der Waals surface area contributed by atoms with Crippen LogP contribution in [-0.4, -0.2) is 17.9 Å². The lowest BCUT2D eigenvalue weighted by atomic mass is 10.1. The molecule has 0 radical (unpaired) electrons. The lowest BCUT2D eigenvalue weighted by Gasteiger charge is -2.26. The van der Waals surface area contributed by atoms with Crippen molar-refractivity contribution in [2.45, 2.75) is 25.6 Å². The first-order valence-corrected chi connectivity index (χ1v) is 4.56. The molecule has 0 fully saturated rings. The minimum Gasteiger partial charge on any atom is -0.418 e. The molecule has 0 saturated heterocycles. The molecule has 0 rings (SSSR count). The Hall–Kier alpha value is -0.410. The lowest BCUT2D eigenvalue weighted by Crippen LogP contribution is -2.43. The van der Waals surface area contributed by atoms with Crippen LogP contribution in [0.25, 0.3) is 0 Å². The molecule has 0 aromatic carbocycles. The summed E-state index contributed by atoms with van der Waals surface area (Å²) in [7, 11) is 1.74. The summed E-state index contributed by atoms with van der Waals surface area (Å²) in [6.45, 7) is 1.45. The maximum atomic E-state index is 12.2. The first-order valence-electron chi connectivity index (χ1n) is 3.27. The second kappa shape index (κ2) is 4.89. The highest BCUT2D eigenvalue weighted by molar-refractivity contribution is 7.31. The van der Waals surface area contributed by atoms with E-state index in [1.54, 1.807) is 0 Å². The van der Waals surface area contributed by atoms with Gasteiger partial charge in [-0.1, -0.05) is 0 Å². The molecule has 82 valence electrons. The summed E-state index contributed by atoms with van der Waals surface area (Å²) in [5.74, 6) is 0. The summed E-state index contributed by atoms with van der Waals surface area (Å²) in [6, 6.07) is 0. The number of nitrogens with zero attached hydrogens (tertiary/aromatic N) is 1. The normalized spacial score (nSPS) is 13.0. The molecule has 14 heavy (non-hydrogen) atoms. The molecule has 0 heterocycles. The van der Waals surface area contributed by atoms with Crippen LogP contribution in [0.4, 0.5) is 18.0 Å². The van der Waals surface area contributed by atoms with Crippen molar-refractivity contribution < 1.29 is 27.2 Å². The van der Waals surface area contributed by atoms with Gasteiger partial charge in [-0.05, 0) is 23.2 Å². The van der Waals surface area contributed by atoms with Crippen LogP contribution in [0.15, 0.2) is 4.52 Å². The third kappa shape index (κ3) is 4.20.